The van der Waals surface area contributed by atoms with E-state index in [0.29, 0.717) is 19.3 Å². The van der Waals surface area contributed by atoms with Gasteiger partial charge in [-0.25, -0.2) is 0 Å². The zero-order valence-corrected chi connectivity index (χ0v) is 18.0. The lowest BCUT2D eigenvalue weighted by Crippen LogP contribution is -2.41. The highest BCUT2D eigenvalue weighted by Gasteiger charge is 2.42. The van der Waals surface area contributed by atoms with E-state index in [4.69, 9.17) is 4.74 Å². The molecular formula is C24H31NO5. The minimum atomic E-state index is -0.825. The summed E-state index contributed by atoms with van der Waals surface area (Å²) in [5, 5.41) is 9.67. The van der Waals surface area contributed by atoms with Gasteiger partial charge in [0, 0.05) is 18.8 Å². The van der Waals surface area contributed by atoms with Crippen LogP contribution in [0, 0.1) is 22.0 Å². The smallest absolute Gasteiger partial charge is 0.306 e. The number of ether oxygens (including phenoxy) is 1. The lowest BCUT2D eigenvalue weighted by Gasteiger charge is -2.40. The Hall–Kier alpha value is -2.89. The van der Waals surface area contributed by atoms with E-state index in [1.165, 1.54) is 0 Å². The monoisotopic (exact) mass is 413 g/mol. The molecule has 6 heteroatoms. The molecule has 2 aromatic carbocycles. The van der Waals surface area contributed by atoms with Crippen molar-refractivity contribution in [1.82, 2.24) is 0 Å². The molecular weight excluding hydrogens is 382 g/mol. The van der Waals surface area contributed by atoms with E-state index in [-0.39, 0.29) is 24.4 Å². The maximum Gasteiger partial charge on any atom is 0.306 e. The fourth-order valence-corrected chi connectivity index (χ4v) is 3.89. The summed E-state index contributed by atoms with van der Waals surface area (Å²) in [4.78, 5) is 27.4. The number of carbonyl (C=O) groups excluding carboxylic acids is 1. The molecule has 0 saturated carbocycles. The van der Waals surface area contributed by atoms with Crippen LogP contribution in [0.1, 0.15) is 51.2 Å². The van der Waals surface area contributed by atoms with Crippen LogP contribution in [0.15, 0.2) is 60.7 Å². The van der Waals surface area contributed by atoms with Gasteiger partial charge in [0.25, 0.3) is 5.09 Å². The van der Waals surface area contributed by atoms with E-state index in [9.17, 15) is 14.9 Å². The fraction of sp³-hybridized carbons (Fsp3) is 0.458. The number of carbonyl (C=O) groups is 1. The van der Waals surface area contributed by atoms with Gasteiger partial charge in [-0.05, 0) is 29.9 Å². The highest BCUT2D eigenvalue weighted by Crippen LogP contribution is 2.41. The predicted molar refractivity (Wildman–Crippen MR) is 115 cm³/mol. The number of esters is 1. The molecule has 0 unspecified atom stereocenters. The first-order valence-electron chi connectivity index (χ1n) is 10.5. The Bertz CT molecular complexity index is 796. The van der Waals surface area contributed by atoms with Crippen molar-refractivity contribution < 1.29 is 19.5 Å². The normalized spacial score (nSPS) is 14.9. The molecule has 0 N–H and O–H groups in total. The lowest BCUT2D eigenvalue weighted by molar-refractivity contribution is -0.758. The zero-order chi connectivity index (χ0) is 22.0. The Balaban J connectivity index is 2.36. The third kappa shape index (κ3) is 6.58. The molecule has 0 aromatic heterocycles. The molecule has 0 spiro atoms. The first kappa shape index (κ1) is 23.4. The quantitative estimate of drug-likeness (QED) is 0.267. The standard InChI is InChI=1S/C24H31NO5/c1-4-23(26)30-24(22-13-9-6-10-14-22,18-21-11-7-5-8-12-21)20(3)17-19(2)15-16-29-25(27)28/h5-14,19-20H,4,15-18H2,1-3H3/t19-,20+,24-/m1/s1. The highest BCUT2D eigenvalue weighted by molar-refractivity contribution is 5.69. The maximum atomic E-state index is 12.5. The molecule has 6 nitrogen and oxygen atoms in total. The molecule has 0 fully saturated rings. The Morgan fingerprint density at radius 1 is 1.07 bits per heavy atom. The molecule has 3 atom stereocenters. The maximum absolute atomic E-state index is 12.5. The minimum absolute atomic E-state index is 0.0128. The first-order valence-corrected chi connectivity index (χ1v) is 10.5. The molecule has 0 aliphatic heterocycles. The largest absolute Gasteiger partial charge is 0.454 e. The van der Waals surface area contributed by atoms with Gasteiger partial charge in [-0.1, -0.05) is 81.4 Å². The third-order valence-electron chi connectivity index (χ3n) is 5.52. The topological polar surface area (TPSA) is 78.7 Å². The fourth-order valence-electron chi connectivity index (χ4n) is 3.89. The number of rotatable bonds is 12. The van der Waals surface area contributed by atoms with Gasteiger partial charge in [-0.2, -0.15) is 0 Å². The van der Waals surface area contributed by atoms with Crippen LogP contribution in [0.25, 0.3) is 0 Å². The van der Waals surface area contributed by atoms with Gasteiger partial charge in [0.15, 0.2) is 0 Å². The molecule has 0 bridgehead atoms. The SMILES string of the molecule is CCC(=O)O[C@@](Cc1ccccc1)(c1ccccc1)[C@@H](C)C[C@H](C)CCO[N+](=O)[O-]. The van der Waals surface area contributed by atoms with Gasteiger partial charge < -0.3 is 9.57 Å². The van der Waals surface area contributed by atoms with E-state index >= 15 is 0 Å². The Labute approximate surface area is 178 Å². The summed E-state index contributed by atoms with van der Waals surface area (Å²) in [6, 6.07) is 19.9. The molecule has 0 saturated heterocycles. The van der Waals surface area contributed by atoms with E-state index < -0.39 is 10.7 Å². The summed E-state index contributed by atoms with van der Waals surface area (Å²) >= 11 is 0. The Morgan fingerprint density at radius 3 is 2.23 bits per heavy atom. The van der Waals surface area contributed by atoms with Crippen LogP contribution in [0.3, 0.4) is 0 Å². The van der Waals surface area contributed by atoms with Crippen LogP contribution in [0.2, 0.25) is 0 Å². The number of benzene rings is 2. The highest BCUT2D eigenvalue weighted by atomic mass is 16.9. The molecule has 2 rings (SSSR count). The molecule has 0 aliphatic rings. The molecule has 30 heavy (non-hydrogen) atoms. The van der Waals surface area contributed by atoms with Crippen LogP contribution in [0.4, 0.5) is 0 Å². The van der Waals surface area contributed by atoms with E-state index in [0.717, 1.165) is 17.5 Å². The van der Waals surface area contributed by atoms with Gasteiger partial charge in [0.05, 0.1) is 6.61 Å². The van der Waals surface area contributed by atoms with Crippen molar-refractivity contribution in [2.45, 2.75) is 52.1 Å². The van der Waals surface area contributed by atoms with Crippen molar-refractivity contribution >= 4 is 5.97 Å². The second kappa shape index (κ2) is 11.3. The number of nitrogens with zero attached hydrogens (tertiary/aromatic N) is 1. The van der Waals surface area contributed by atoms with Gasteiger partial charge in [-0.3, -0.25) is 4.79 Å². The average molecular weight is 414 g/mol. The molecule has 162 valence electrons. The summed E-state index contributed by atoms with van der Waals surface area (Å²) in [5.74, 6) is -0.0914. The lowest BCUT2D eigenvalue weighted by atomic mass is 9.73. The number of hydrogen-bond acceptors (Lipinski definition) is 5. The zero-order valence-electron chi connectivity index (χ0n) is 18.0. The first-order chi connectivity index (χ1) is 14.4. The Morgan fingerprint density at radius 2 is 1.67 bits per heavy atom. The molecule has 0 amide bonds. The summed E-state index contributed by atoms with van der Waals surface area (Å²) in [5.41, 5.74) is 1.21. The van der Waals surface area contributed by atoms with Crippen LogP contribution in [0.5, 0.6) is 0 Å². The van der Waals surface area contributed by atoms with E-state index in [2.05, 4.69) is 11.8 Å². The predicted octanol–water partition coefficient (Wildman–Crippen LogP) is 5.34. The van der Waals surface area contributed by atoms with Gasteiger partial charge in [0.1, 0.15) is 5.60 Å². The number of hydrogen-bond donors (Lipinski definition) is 0. The van der Waals surface area contributed by atoms with E-state index in [1.807, 2.05) is 67.6 Å². The van der Waals surface area contributed by atoms with Crippen LogP contribution in [-0.4, -0.2) is 17.7 Å². The molecule has 0 radical (unpaired) electrons. The van der Waals surface area contributed by atoms with Crippen molar-refractivity contribution in [3.8, 4) is 0 Å². The van der Waals surface area contributed by atoms with Crippen molar-refractivity contribution in [3.05, 3.63) is 81.9 Å². The Kier molecular flexibility index (Phi) is 8.84. The van der Waals surface area contributed by atoms with Crippen molar-refractivity contribution in [1.29, 1.82) is 0 Å². The average Bonchev–Trinajstić information content (AvgIpc) is 2.74. The second-order valence-electron chi connectivity index (χ2n) is 7.83. The summed E-state index contributed by atoms with van der Waals surface area (Å²) < 4.78 is 6.20. The van der Waals surface area contributed by atoms with Crippen LogP contribution in [-0.2, 0) is 26.4 Å². The molecule has 2 aromatic rings. The summed E-state index contributed by atoms with van der Waals surface area (Å²) in [7, 11) is 0. The summed E-state index contributed by atoms with van der Waals surface area (Å²) in [6.45, 7) is 5.99. The van der Waals surface area contributed by atoms with Crippen LogP contribution < -0.4 is 0 Å². The molecule has 0 aliphatic carbocycles. The van der Waals surface area contributed by atoms with Gasteiger partial charge in [-0.15, -0.1) is 10.1 Å². The second-order valence-corrected chi connectivity index (χ2v) is 7.83. The van der Waals surface area contributed by atoms with E-state index in [1.54, 1.807) is 6.92 Å². The van der Waals surface area contributed by atoms with Gasteiger partial charge >= 0.3 is 5.97 Å². The van der Waals surface area contributed by atoms with Crippen LogP contribution >= 0.6 is 0 Å². The molecule has 0 heterocycles. The minimum Gasteiger partial charge on any atom is -0.454 e. The van der Waals surface area contributed by atoms with Gasteiger partial charge in [0.2, 0.25) is 0 Å². The third-order valence-corrected chi connectivity index (χ3v) is 5.52. The van der Waals surface area contributed by atoms with Crippen molar-refractivity contribution in [3.63, 3.8) is 0 Å². The summed E-state index contributed by atoms with van der Waals surface area (Å²) in [6.07, 6.45) is 2.15. The van der Waals surface area contributed by atoms with Crippen molar-refractivity contribution in [2.24, 2.45) is 11.8 Å². The van der Waals surface area contributed by atoms with Crippen molar-refractivity contribution in [2.75, 3.05) is 6.61 Å².